The molecule has 0 aliphatic carbocycles. The van der Waals surface area contributed by atoms with Crippen LogP contribution in [-0.2, 0) is 69.2 Å². The average Bonchev–Trinajstić information content (AvgIpc) is 1.44. The number of morpholine rings is 1. The van der Waals surface area contributed by atoms with Crippen molar-refractivity contribution in [2.24, 2.45) is 20.9 Å². The molecule has 3 aromatic heterocycles. The van der Waals surface area contributed by atoms with E-state index in [4.69, 9.17) is 18.9 Å². The van der Waals surface area contributed by atoms with Gasteiger partial charge in [-0.25, -0.2) is 69.8 Å². The molecule has 5 aliphatic heterocycles. The summed E-state index contributed by atoms with van der Waals surface area (Å²) in [6.07, 6.45) is 7.11. The van der Waals surface area contributed by atoms with Crippen molar-refractivity contribution in [2.45, 2.75) is 180 Å². The van der Waals surface area contributed by atoms with Crippen LogP contribution in [-0.4, -0.2) is 142 Å². The maximum absolute atomic E-state index is 14.1. The summed E-state index contributed by atoms with van der Waals surface area (Å²) in [5.74, 6) is -8.94. The Morgan fingerprint density at radius 2 is 1.02 bits per heavy atom. The zero-order valence-corrected chi connectivity index (χ0v) is 77.8. The van der Waals surface area contributed by atoms with Crippen molar-refractivity contribution < 1.29 is 97.6 Å². The van der Waals surface area contributed by atoms with Crippen LogP contribution >= 0.6 is 93.9 Å². The Kier molecular flexibility index (Phi) is 50.5. The molecule has 39 heteroatoms. The SMILES string of the molecule is C.C.C.C.C.CC(=O)CC(=O)OC(C)(C)C.CC1(c2ccc(F)c(F)c2)N=C(c2nccs2)NC(CN2CCOC[C@H]2C(=O)O)=C1C#N.CC1=C(C#N)C(C)(c2ccc(F)c(F)c2)N=C(c2nccs2)N1.CC1=C(C(=O)OC(C)(C)C)C(C)(c2ccc(F)c(F)c2)N=C(c2nccs2)N1.COC(=O)[C@H]1CCCOC1.O=Cc1ccc(F)c(F)c1.[CH2-]C.[I][V]([I])[I]. The average molecular weight is 2180 g/mol. The molecule has 0 bridgehead atoms. The van der Waals surface area contributed by atoms with E-state index in [9.17, 15) is 79.5 Å². The fourth-order valence-corrected chi connectivity index (χ4v) is 13.4. The number of ether oxygens (including phenoxy) is 5. The first-order valence-electron chi connectivity index (χ1n) is 36.1. The molecule has 4 N–H and O–H groups in total. The van der Waals surface area contributed by atoms with Crippen molar-refractivity contribution in [1.29, 1.82) is 10.5 Å². The number of aliphatic carboxylic acids is 1. The number of nitriles is 2. The van der Waals surface area contributed by atoms with Crippen LogP contribution in [0.15, 0.2) is 156 Å². The minimum atomic E-state index is -1.34. The third-order valence-electron chi connectivity index (χ3n) is 17.0. The number of aldehydes is 1. The number of carbonyl (C=O) groups is 6. The molecular weight excluding hydrogens is 2070 g/mol. The predicted octanol–water partition coefficient (Wildman–Crippen LogP) is 20.4. The molecule has 3 unspecified atom stereocenters. The number of rotatable bonds is 14. The number of ketones is 1. The maximum atomic E-state index is 14.1. The van der Waals surface area contributed by atoms with Gasteiger partial charge in [-0.05, 0) is 167 Å². The van der Waals surface area contributed by atoms with Crippen molar-refractivity contribution in [3.8, 4) is 12.1 Å². The number of esters is 3. The van der Waals surface area contributed by atoms with Crippen molar-refractivity contribution in [2.75, 3.05) is 46.6 Å². The van der Waals surface area contributed by atoms with Gasteiger partial charge in [0.15, 0.2) is 79.1 Å². The number of carboxylic acids is 1. The number of benzene rings is 4. The zero-order valence-electron chi connectivity index (χ0n) is 67.5. The minimum absolute atomic E-state index is 0. The molecular formula is C86H107F8I3N12O12S3V-. The molecule has 5 atom stereocenters. The Hall–Kier alpha value is -8.31. The second-order valence-electron chi connectivity index (χ2n) is 28.2. The molecule has 0 radical (unpaired) electrons. The third-order valence-corrected chi connectivity index (χ3v) is 19.4. The fraction of sp³-hybridized carbons (Fsp3) is 0.407. The van der Waals surface area contributed by atoms with Crippen LogP contribution in [0.4, 0.5) is 35.1 Å². The summed E-state index contributed by atoms with van der Waals surface area (Å²) in [5, 5.41) is 45.6. The molecule has 12 rings (SSSR count). The molecule has 0 amide bonds. The van der Waals surface area contributed by atoms with E-state index in [1.807, 2.05) is 5.38 Å². The standard InChI is InChI=1S/C21H19F2N5O3S.C20H21F2N3O2S.C16H12F2N4S.C8H14O3.C7H4F2O.C7H12O3.C2H5.5CH4.3HI.V/c1-21(12-2-3-14(22)15(23)8-12)13(9-24)16(26-18(27-21)19-25-4-7-32-19)10-28-5-6-31-11-17(28)20(29)30;1-11-15(18(26)27-19(2,3)4)20(5,12-6-7-13(21)14(22)10-12)25-16(24-11)17-23-8-9-28-17;1-9-11(8-19)16(2,10-3-4-12(17)13(18)7-10)22-14(21-9)15-20-5-6-23-15;1-6(9)5-7(10)11-8(2,3)4;8-6-2-1-5(4-10)3-7(6)9;1-9-7(8)6-3-2-4-10-5-6;1-2;;;;;;;;;/h2-4,7-8,17H,5-6,10-11H2,1H3,(H,26,27)(H,29,30);6-10H,1-5H3,(H,24,25);3-7H,1-2H3,(H,21,22);5H2,1-4H3;1-4H;6H,2-5H2,1H3;1H2,2H3;5*1H4;3*1H;/q;;;;;;-1;;;;;;;;;+3/p-3/t17-,21?;;;;;6-;;;;;;;;;;/m0....0........../s1. The Balaban J connectivity index is 0.00000152. The summed E-state index contributed by atoms with van der Waals surface area (Å²) in [6, 6.07) is 16.8. The van der Waals surface area contributed by atoms with Crippen molar-refractivity contribution in [3.63, 3.8) is 0 Å². The second-order valence-corrected chi connectivity index (χ2v) is 66.3. The van der Waals surface area contributed by atoms with Gasteiger partial charge in [-0.2, -0.15) is 17.4 Å². The first-order valence-corrected chi connectivity index (χ1v) is 52.2. The van der Waals surface area contributed by atoms with Gasteiger partial charge in [-0.3, -0.25) is 28.9 Å². The molecule has 4 aromatic carbocycles. The van der Waals surface area contributed by atoms with Gasteiger partial charge in [0.1, 0.15) is 52.4 Å². The molecule has 8 heterocycles. The number of aliphatic imine (C=N–C) groups is 3. The number of Topliss-reactive ketones (excluding diaryl/α,β-unsaturated/α-hetero) is 1. The van der Waals surface area contributed by atoms with Crippen molar-refractivity contribution >= 4 is 147 Å². The summed E-state index contributed by atoms with van der Waals surface area (Å²) in [4.78, 5) is 94.9. The van der Waals surface area contributed by atoms with E-state index in [1.54, 1.807) is 117 Å². The van der Waals surface area contributed by atoms with E-state index in [2.05, 4.69) is 130 Å². The van der Waals surface area contributed by atoms with E-state index in [-0.39, 0.29) is 102 Å². The normalized spacial score (nSPS) is 18.5. The van der Waals surface area contributed by atoms with Gasteiger partial charge >= 0.3 is 88.7 Å². The number of halogens is 11. The quantitative estimate of drug-likeness (QED) is 0.0149. The molecule has 24 nitrogen and oxygen atoms in total. The van der Waals surface area contributed by atoms with Crippen LogP contribution in [0.5, 0.6) is 0 Å². The van der Waals surface area contributed by atoms with Gasteiger partial charge in [0.2, 0.25) is 0 Å². The monoisotopic (exact) mass is 2180 g/mol. The summed E-state index contributed by atoms with van der Waals surface area (Å²) in [7, 11) is 1.41. The number of thiazole rings is 3. The number of amidine groups is 3. The van der Waals surface area contributed by atoms with Crippen LogP contribution in [0.2, 0.25) is 0 Å². The number of methoxy groups -OCH3 is 1. The number of hydrogen-bond acceptors (Lipinski definition) is 26. The van der Waals surface area contributed by atoms with E-state index in [0.29, 0.717) is 92.4 Å². The molecule has 2 fully saturated rings. The summed E-state index contributed by atoms with van der Waals surface area (Å²) in [5.41, 5.74) is -1.47. The zero-order chi connectivity index (χ0) is 89.8. The third kappa shape index (κ3) is 34.3. The van der Waals surface area contributed by atoms with E-state index in [0.717, 1.165) is 68.0 Å². The van der Waals surface area contributed by atoms with Crippen LogP contribution < -0.4 is 16.0 Å². The molecule has 125 heavy (non-hydrogen) atoms. The number of nitrogens with zero attached hydrogens (tertiary/aromatic N) is 9. The first kappa shape index (κ1) is 117. The van der Waals surface area contributed by atoms with Crippen LogP contribution in [0.1, 0.15) is 188 Å². The summed E-state index contributed by atoms with van der Waals surface area (Å²) in [6.45, 7) is 27.6. The van der Waals surface area contributed by atoms with Crippen LogP contribution in [0, 0.1) is 82.0 Å². The van der Waals surface area contributed by atoms with E-state index in [1.165, 1.54) is 72.3 Å². The Morgan fingerprint density at radius 3 is 1.38 bits per heavy atom. The Morgan fingerprint density at radius 1 is 0.616 bits per heavy atom. The van der Waals surface area contributed by atoms with Crippen LogP contribution in [0.25, 0.3) is 0 Å². The van der Waals surface area contributed by atoms with E-state index >= 15 is 0 Å². The first-order chi connectivity index (χ1) is 56.4. The van der Waals surface area contributed by atoms with Crippen molar-refractivity contribution in [1.82, 2.24) is 35.8 Å². The number of carboxylic acid groups (broad SMARTS) is 1. The van der Waals surface area contributed by atoms with Crippen LogP contribution in [0.3, 0.4) is 0 Å². The number of aromatic nitrogens is 3. The molecule has 0 saturated carbocycles. The predicted molar refractivity (Wildman–Crippen MR) is 495 cm³/mol. The summed E-state index contributed by atoms with van der Waals surface area (Å²) < 4.78 is 132. The molecule has 5 aliphatic rings. The molecule has 0 spiro atoms. The number of carbonyl (C=O) groups excluding carboxylic acids is 5. The Bertz CT molecular complexity index is 5040. The van der Waals surface area contributed by atoms with E-state index < -0.39 is 98.3 Å². The van der Waals surface area contributed by atoms with Gasteiger partial charge in [0.05, 0.1) is 61.7 Å². The van der Waals surface area contributed by atoms with Gasteiger partial charge in [-0.15, -0.1) is 34.0 Å². The molecule has 684 valence electrons. The molecule has 2 saturated heterocycles. The second kappa shape index (κ2) is 54.1. The number of nitrogens with one attached hydrogen (secondary N) is 3. The van der Waals surface area contributed by atoms with Gasteiger partial charge in [0.25, 0.3) is 0 Å². The summed E-state index contributed by atoms with van der Waals surface area (Å²) >= 11 is 11.5. The van der Waals surface area contributed by atoms with Gasteiger partial charge in [0, 0.05) is 77.1 Å². The fourth-order valence-electron chi connectivity index (χ4n) is 11.7. The van der Waals surface area contributed by atoms with Gasteiger partial charge < -0.3 is 51.7 Å². The number of hydrogen-bond donors (Lipinski definition) is 4. The van der Waals surface area contributed by atoms with Crippen molar-refractivity contribution in [3.05, 3.63) is 232 Å². The molecule has 7 aromatic rings. The van der Waals surface area contributed by atoms with Gasteiger partial charge in [-0.1, -0.05) is 55.3 Å². The Labute approximate surface area is 776 Å². The topological polar surface area (TPSA) is 331 Å². The number of allylic oxidation sites excluding steroid dienone is 2.